The highest BCUT2D eigenvalue weighted by Crippen LogP contribution is 2.24. The molecule has 1 aromatic heterocycles. The molecule has 0 bridgehead atoms. The topological polar surface area (TPSA) is 45.5 Å². The molecule has 2 heterocycles. The first-order chi connectivity index (χ1) is 11.7. The zero-order chi connectivity index (χ0) is 16.8. The van der Waals surface area contributed by atoms with E-state index < -0.39 is 0 Å². The van der Waals surface area contributed by atoms with E-state index in [9.17, 15) is 9.18 Å². The van der Waals surface area contributed by atoms with Crippen LogP contribution in [0.15, 0.2) is 47.3 Å². The van der Waals surface area contributed by atoms with Crippen LogP contribution >= 0.6 is 11.8 Å². The molecule has 1 atom stereocenters. The molecule has 4 nitrogen and oxygen atoms in total. The first kappa shape index (κ1) is 17.0. The molecule has 1 amide bonds. The lowest BCUT2D eigenvalue weighted by atomic mass is 10.1. The first-order valence-corrected chi connectivity index (χ1v) is 9.23. The van der Waals surface area contributed by atoms with Gasteiger partial charge in [0.25, 0.3) is 0 Å². The summed E-state index contributed by atoms with van der Waals surface area (Å²) in [4.78, 5) is 14.6. The SMILES string of the molecule is O=C(Cc1ccc(F)cc1)NC[C@H](c1ccoc1)N1CCSCC1. The minimum Gasteiger partial charge on any atom is -0.472 e. The van der Waals surface area contributed by atoms with Crippen molar-refractivity contribution in [2.45, 2.75) is 12.5 Å². The number of furan rings is 1. The van der Waals surface area contributed by atoms with E-state index in [0.717, 1.165) is 35.7 Å². The smallest absolute Gasteiger partial charge is 0.224 e. The van der Waals surface area contributed by atoms with Crippen LogP contribution in [0.4, 0.5) is 4.39 Å². The number of halogens is 1. The molecule has 1 aliphatic heterocycles. The second kappa shape index (κ2) is 8.35. The Bertz CT molecular complexity index is 640. The van der Waals surface area contributed by atoms with Crippen LogP contribution in [0.1, 0.15) is 17.2 Å². The number of hydrogen-bond donors (Lipinski definition) is 1. The average Bonchev–Trinajstić information content (AvgIpc) is 3.12. The summed E-state index contributed by atoms with van der Waals surface area (Å²) in [5.74, 6) is 1.87. The summed E-state index contributed by atoms with van der Waals surface area (Å²) in [5.41, 5.74) is 1.90. The van der Waals surface area contributed by atoms with Crippen LogP contribution in [0.5, 0.6) is 0 Å². The summed E-state index contributed by atoms with van der Waals surface area (Å²) < 4.78 is 18.1. The van der Waals surface area contributed by atoms with Crippen molar-refractivity contribution in [3.63, 3.8) is 0 Å². The number of nitrogens with one attached hydrogen (secondary N) is 1. The van der Waals surface area contributed by atoms with Gasteiger partial charge in [0.15, 0.2) is 0 Å². The van der Waals surface area contributed by atoms with Crippen LogP contribution in [0.25, 0.3) is 0 Å². The number of carbonyl (C=O) groups is 1. The molecule has 1 saturated heterocycles. The maximum absolute atomic E-state index is 12.9. The van der Waals surface area contributed by atoms with E-state index in [4.69, 9.17) is 4.42 Å². The molecule has 2 aromatic rings. The molecule has 0 saturated carbocycles. The number of amides is 1. The Labute approximate surface area is 145 Å². The summed E-state index contributed by atoms with van der Waals surface area (Å²) in [5, 5.41) is 3.01. The monoisotopic (exact) mass is 348 g/mol. The second-order valence-corrected chi connectivity index (χ2v) is 7.05. The largest absolute Gasteiger partial charge is 0.472 e. The second-order valence-electron chi connectivity index (χ2n) is 5.83. The van der Waals surface area contributed by atoms with Gasteiger partial charge in [0.1, 0.15) is 5.82 Å². The van der Waals surface area contributed by atoms with Gasteiger partial charge in [-0.05, 0) is 23.8 Å². The van der Waals surface area contributed by atoms with Crippen molar-refractivity contribution in [3.8, 4) is 0 Å². The molecule has 1 fully saturated rings. The van der Waals surface area contributed by atoms with E-state index >= 15 is 0 Å². The van der Waals surface area contributed by atoms with E-state index in [-0.39, 0.29) is 24.2 Å². The third-order valence-corrected chi connectivity index (χ3v) is 5.13. The number of nitrogens with zero attached hydrogens (tertiary/aromatic N) is 1. The van der Waals surface area contributed by atoms with E-state index in [1.165, 1.54) is 12.1 Å². The molecule has 128 valence electrons. The maximum Gasteiger partial charge on any atom is 0.224 e. The van der Waals surface area contributed by atoms with Gasteiger partial charge in [-0.15, -0.1) is 0 Å². The quantitative estimate of drug-likeness (QED) is 0.872. The van der Waals surface area contributed by atoms with Gasteiger partial charge < -0.3 is 9.73 Å². The molecule has 6 heteroatoms. The third kappa shape index (κ3) is 4.61. The van der Waals surface area contributed by atoms with Gasteiger partial charge in [-0.2, -0.15) is 11.8 Å². The van der Waals surface area contributed by atoms with Crippen LogP contribution in [0.2, 0.25) is 0 Å². The van der Waals surface area contributed by atoms with Gasteiger partial charge in [-0.3, -0.25) is 9.69 Å². The highest BCUT2D eigenvalue weighted by molar-refractivity contribution is 7.99. The van der Waals surface area contributed by atoms with Crippen LogP contribution in [0, 0.1) is 5.82 Å². The van der Waals surface area contributed by atoms with Gasteiger partial charge in [0.2, 0.25) is 5.91 Å². The van der Waals surface area contributed by atoms with Crippen molar-refractivity contribution in [1.82, 2.24) is 10.2 Å². The fourth-order valence-corrected chi connectivity index (χ4v) is 3.80. The van der Waals surface area contributed by atoms with Gasteiger partial charge in [0.05, 0.1) is 25.0 Å². The number of benzene rings is 1. The third-order valence-electron chi connectivity index (χ3n) is 4.18. The summed E-state index contributed by atoms with van der Waals surface area (Å²) in [6.45, 7) is 2.56. The predicted molar refractivity (Wildman–Crippen MR) is 93.5 cm³/mol. The minimum atomic E-state index is -0.290. The van der Waals surface area contributed by atoms with Crippen LogP contribution in [-0.2, 0) is 11.2 Å². The Morgan fingerprint density at radius 2 is 2.00 bits per heavy atom. The van der Waals surface area contributed by atoms with Gasteiger partial charge in [-0.25, -0.2) is 4.39 Å². The van der Waals surface area contributed by atoms with Crippen molar-refractivity contribution < 1.29 is 13.6 Å². The molecule has 1 aromatic carbocycles. The lowest BCUT2D eigenvalue weighted by molar-refractivity contribution is -0.120. The molecule has 0 spiro atoms. The molecule has 24 heavy (non-hydrogen) atoms. The Morgan fingerprint density at radius 1 is 1.25 bits per heavy atom. The highest BCUT2D eigenvalue weighted by Gasteiger charge is 2.23. The van der Waals surface area contributed by atoms with Crippen LogP contribution in [0.3, 0.4) is 0 Å². The molecule has 0 radical (unpaired) electrons. The van der Waals surface area contributed by atoms with Crippen LogP contribution < -0.4 is 5.32 Å². The van der Waals surface area contributed by atoms with Crippen LogP contribution in [-0.4, -0.2) is 41.9 Å². The van der Waals surface area contributed by atoms with Crippen molar-refractivity contribution in [3.05, 3.63) is 59.8 Å². The zero-order valence-corrected chi connectivity index (χ0v) is 14.2. The summed E-state index contributed by atoms with van der Waals surface area (Å²) in [6, 6.07) is 8.12. The minimum absolute atomic E-state index is 0.0542. The van der Waals surface area contributed by atoms with Crippen molar-refractivity contribution in [1.29, 1.82) is 0 Å². The number of carbonyl (C=O) groups excluding carboxylic acids is 1. The number of hydrogen-bond acceptors (Lipinski definition) is 4. The fraction of sp³-hybridized carbons (Fsp3) is 0.389. The predicted octanol–water partition coefficient (Wildman–Crippen LogP) is 2.87. The first-order valence-electron chi connectivity index (χ1n) is 8.07. The standard InChI is InChI=1S/C18H21FN2O2S/c19-16-3-1-14(2-4-16)11-18(22)20-12-17(15-5-8-23-13-15)21-6-9-24-10-7-21/h1-5,8,13,17H,6-7,9-12H2,(H,20,22)/t17-/m1/s1. The van der Waals surface area contributed by atoms with Gasteiger partial charge in [-0.1, -0.05) is 12.1 Å². The molecular weight excluding hydrogens is 327 g/mol. The highest BCUT2D eigenvalue weighted by atomic mass is 32.2. The fourth-order valence-electron chi connectivity index (χ4n) is 2.87. The van der Waals surface area contributed by atoms with E-state index in [0.29, 0.717) is 6.54 Å². The summed E-state index contributed by atoms with van der Waals surface area (Å²) in [6.07, 6.45) is 3.67. The summed E-state index contributed by atoms with van der Waals surface area (Å²) in [7, 11) is 0. The number of rotatable bonds is 6. The van der Waals surface area contributed by atoms with Crippen molar-refractivity contribution in [2.24, 2.45) is 0 Å². The Morgan fingerprint density at radius 3 is 2.67 bits per heavy atom. The maximum atomic E-state index is 12.9. The molecule has 1 aliphatic rings. The van der Waals surface area contributed by atoms with Crippen molar-refractivity contribution in [2.75, 3.05) is 31.1 Å². The van der Waals surface area contributed by atoms with E-state index in [2.05, 4.69) is 10.2 Å². The van der Waals surface area contributed by atoms with E-state index in [1.54, 1.807) is 24.7 Å². The molecule has 1 N–H and O–H groups in total. The lowest BCUT2D eigenvalue weighted by Gasteiger charge is -2.34. The summed E-state index contributed by atoms with van der Waals surface area (Å²) >= 11 is 1.96. The Balaban J connectivity index is 1.58. The van der Waals surface area contributed by atoms with E-state index in [1.807, 2.05) is 17.8 Å². The zero-order valence-electron chi connectivity index (χ0n) is 13.4. The molecule has 0 unspecified atom stereocenters. The normalized spacial score (nSPS) is 16.7. The lowest BCUT2D eigenvalue weighted by Crippen LogP contribution is -2.42. The average molecular weight is 348 g/mol. The van der Waals surface area contributed by atoms with Gasteiger partial charge >= 0.3 is 0 Å². The van der Waals surface area contributed by atoms with Gasteiger partial charge in [0, 0.05) is 36.7 Å². The Hall–Kier alpha value is -1.79. The Kier molecular flexibility index (Phi) is 5.93. The number of thioether (sulfide) groups is 1. The molecular formula is C18H21FN2O2S. The molecule has 0 aliphatic carbocycles. The molecule has 3 rings (SSSR count). The van der Waals surface area contributed by atoms with Crippen molar-refractivity contribution >= 4 is 17.7 Å².